The van der Waals surface area contributed by atoms with Gasteiger partial charge in [-0.15, -0.1) is 0 Å². The molecule has 0 saturated carbocycles. The fourth-order valence-corrected chi connectivity index (χ4v) is 3.37. The zero-order valence-corrected chi connectivity index (χ0v) is 12.6. The minimum Gasteiger partial charge on any atom is -0.357 e. The molecule has 2 rings (SSSR count). The molecule has 0 aliphatic carbocycles. The van der Waals surface area contributed by atoms with Gasteiger partial charge in [-0.1, -0.05) is 22.9 Å². The Kier molecular flexibility index (Phi) is 4.13. The number of rotatable bonds is 2. The van der Waals surface area contributed by atoms with Crippen LogP contribution in [0.2, 0.25) is 0 Å². The standard InChI is InChI=1S/C13H22BrN3/c1-10-5-4-7-17(8-6-10)13-12(9-14)11(2)15-16(13)3/h10H,4-9H2,1-3H3. The Hall–Kier alpha value is -0.510. The van der Waals surface area contributed by atoms with Crippen LogP contribution in [-0.2, 0) is 12.4 Å². The van der Waals surface area contributed by atoms with Gasteiger partial charge < -0.3 is 4.90 Å². The Bertz CT molecular complexity index is 386. The van der Waals surface area contributed by atoms with Crippen molar-refractivity contribution in [3.63, 3.8) is 0 Å². The van der Waals surface area contributed by atoms with Gasteiger partial charge in [0, 0.05) is 31.0 Å². The lowest BCUT2D eigenvalue weighted by atomic mass is 10.0. The van der Waals surface area contributed by atoms with Crippen LogP contribution in [0.1, 0.15) is 37.4 Å². The van der Waals surface area contributed by atoms with Gasteiger partial charge in [0.2, 0.25) is 0 Å². The van der Waals surface area contributed by atoms with Gasteiger partial charge in [-0.05, 0) is 32.1 Å². The van der Waals surface area contributed by atoms with Gasteiger partial charge in [0.15, 0.2) is 0 Å². The van der Waals surface area contributed by atoms with Gasteiger partial charge in [0.1, 0.15) is 5.82 Å². The Balaban J connectivity index is 2.26. The van der Waals surface area contributed by atoms with Crippen molar-refractivity contribution in [3.05, 3.63) is 11.3 Å². The highest BCUT2D eigenvalue weighted by Crippen LogP contribution is 2.28. The maximum atomic E-state index is 4.55. The summed E-state index contributed by atoms with van der Waals surface area (Å²) in [5.41, 5.74) is 2.50. The van der Waals surface area contributed by atoms with Gasteiger partial charge in [0.25, 0.3) is 0 Å². The Morgan fingerprint density at radius 2 is 2.12 bits per heavy atom. The van der Waals surface area contributed by atoms with Gasteiger partial charge in [-0.2, -0.15) is 5.10 Å². The van der Waals surface area contributed by atoms with Crippen molar-refractivity contribution in [1.29, 1.82) is 0 Å². The summed E-state index contributed by atoms with van der Waals surface area (Å²) in [7, 11) is 2.06. The summed E-state index contributed by atoms with van der Waals surface area (Å²) in [6, 6.07) is 0. The number of hydrogen-bond donors (Lipinski definition) is 0. The van der Waals surface area contributed by atoms with E-state index in [-0.39, 0.29) is 0 Å². The van der Waals surface area contributed by atoms with Crippen molar-refractivity contribution in [2.24, 2.45) is 13.0 Å². The quantitative estimate of drug-likeness (QED) is 0.782. The third-order valence-electron chi connectivity index (χ3n) is 3.76. The lowest BCUT2D eigenvalue weighted by Crippen LogP contribution is -2.27. The zero-order valence-electron chi connectivity index (χ0n) is 11.0. The Labute approximate surface area is 112 Å². The van der Waals surface area contributed by atoms with E-state index in [1.807, 2.05) is 4.68 Å². The third-order valence-corrected chi connectivity index (χ3v) is 4.32. The predicted octanol–water partition coefficient (Wildman–Crippen LogP) is 3.25. The minimum atomic E-state index is 0.863. The molecule has 96 valence electrons. The highest BCUT2D eigenvalue weighted by Gasteiger charge is 2.21. The molecule has 1 aromatic rings. The van der Waals surface area contributed by atoms with Crippen LogP contribution in [0, 0.1) is 12.8 Å². The van der Waals surface area contributed by atoms with Gasteiger partial charge in [0.05, 0.1) is 5.69 Å². The normalized spacial score (nSPS) is 21.6. The van der Waals surface area contributed by atoms with Crippen LogP contribution in [0.4, 0.5) is 5.82 Å². The lowest BCUT2D eigenvalue weighted by Gasteiger charge is -2.24. The molecule has 0 bridgehead atoms. The zero-order chi connectivity index (χ0) is 12.4. The highest BCUT2D eigenvalue weighted by atomic mass is 79.9. The van der Waals surface area contributed by atoms with E-state index in [4.69, 9.17) is 0 Å². The summed E-state index contributed by atoms with van der Waals surface area (Å²) in [4.78, 5) is 2.51. The molecule has 1 aliphatic heterocycles. The van der Waals surface area contributed by atoms with Crippen molar-refractivity contribution < 1.29 is 0 Å². The molecule has 1 aliphatic rings. The summed E-state index contributed by atoms with van der Waals surface area (Å²) < 4.78 is 2.04. The second-order valence-electron chi connectivity index (χ2n) is 5.17. The van der Waals surface area contributed by atoms with E-state index in [1.54, 1.807) is 0 Å². The van der Waals surface area contributed by atoms with Crippen LogP contribution in [-0.4, -0.2) is 22.9 Å². The van der Waals surface area contributed by atoms with Crippen molar-refractivity contribution in [2.75, 3.05) is 18.0 Å². The molecule has 2 heterocycles. The third kappa shape index (κ3) is 2.67. The summed E-state index contributed by atoms with van der Waals surface area (Å²) in [6.07, 6.45) is 3.95. The maximum absolute atomic E-state index is 4.55. The molecule has 1 unspecified atom stereocenters. The van der Waals surface area contributed by atoms with Gasteiger partial charge in [-0.25, -0.2) is 0 Å². The van der Waals surface area contributed by atoms with E-state index in [1.165, 1.54) is 43.7 Å². The molecule has 1 aromatic heterocycles. The van der Waals surface area contributed by atoms with Gasteiger partial charge >= 0.3 is 0 Å². The molecular formula is C13H22BrN3. The first kappa shape index (κ1) is 12.9. The maximum Gasteiger partial charge on any atom is 0.130 e. The molecule has 1 saturated heterocycles. The minimum absolute atomic E-state index is 0.863. The van der Waals surface area contributed by atoms with Crippen LogP contribution in [0.15, 0.2) is 0 Å². The van der Waals surface area contributed by atoms with E-state index in [2.05, 4.69) is 46.8 Å². The van der Waals surface area contributed by atoms with Crippen molar-refractivity contribution in [1.82, 2.24) is 9.78 Å². The fourth-order valence-electron chi connectivity index (χ4n) is 2.72. The predicted molar refractivity (Wildman–Crippen MR) is 75.8 cm³/mol. The summed E-state index contributed by atoms with van der Waals surface area (Å²) in [6.45, 7) is 6.80. The van der Waals surface area contributed by atoms with Crippen LogP contribution in [0.25, 0.3) is 0 Å². The SMILES string of the molecule is Cc1nn(C)c(N2CCCC(C)CC2)c1CBr. The first-order valence-electron chi connectivity index (χ1n) is 6.47. The number of aryl methyl sites for hydroxylation is 2. The number of aromatic nitrogens is 2. The summed E-state index contributed by atoms with van der Waals surface area (Å²) >= 11 is 3.59. The van der Waals surface area contributed by atoms with Crippen LogP contribution < -0.4 is 4.90 Å². The fraction of sp³-hybridized carbons (Fsp3) is 0.769. The number of halogens is 1. The van der Waals surface area contributed by atoms with Crippen LogP contribution in [0.5, 0.6) is 0 Å². The Morgan fingerprint density at radius 3 is 2.82 bits per heavy atom. The van der Waals surface area contributed by atoms with E-state index in [9.17, 15) is 0 Å². The molecule has 0 radical (unpaired) electrons. The molecule has 0 amide bonds. The molecule has 0 spiro atoms. The van der Waals surface area contributed by atoms with E-state index in [0.29, 0.717) is 0 Å². The van der Waals surface area contributed by atoms with Crippen molar-refractivity contribution >= 4 is 21.7 Å². The van der Waals surface area contributed by atoms with Crippen molar-refractivity contribution in [2.45, 2.75) is 38.4 Å². The molecule has 17 heavy (non-hydrogen) atoms. The number of nitrogens with zero attached hydrogens (tertiary/aromatic N) is 3. The second-order valence-corrected chi connectivity index (χ2v) is 5.73. The topological polar surface area (TPSA) is 21.1 Å². The molecule has 3 nitrogen and oxygen atoms in total. The first-order chi connectivity index (χ1) is 8.13. The average molecular weight is 300 g/mol. The average Bonchev–Trinajstić information content (AvgIpc) is 2.46. The summed E-state index contributed by atoms with van der Waals surface area (Å²) in [5.74, 6) is 2.18. The Morgan fingerprint density at radius 1 is 1.35 bits per heavy atom. The van der Waals surface area contributed by atoms with Gasteiger partial charge in [-0.3, -0.25) is 4.68 Å². The highest BCUT2D eigenvalue weighted by molar-refractivity contribution is 9.08. The largest absolute Gasteiger partial charge is 0.357 e. The van der Waals surface area contributed by atoms with Crippen LogP contribution >= 0.6 is 15.9 Å². The number of anilines is 1. The second kappa shape index (κ2) is 5.42. The summed E-state index contributed by atoms with van der Waals surface area (Å²) in [5, 5.41) is 5.45. The molecule has 0 N–H and O–H groups in total. The number of hydrogen-bond acceptors (Lipinski definition) is 2. The first-order valence-corrected chi connectivity index (χ1v) is 7.59. The molecule has 1 atom stereocenters. The van der Waals surface area contributed by atoms with Crippen molar-refractivity contribution in [3.8, 4) is 0 Å². The van der Waals surface area contributed by atoms with E-state index >= 15 is 0 Å². The smallest absolute Gasteiger partial charge is 0.130 e. The van der Waals surface area contributed by atoms with Crippen LogP contribution in [0.3, 0.4) is 0 Å². The van der Waals surface area contributed by atoms with E-state index in [0.717, 1.165) is 16.9 Å². The molecule has 0 aromatic carbocycles. The lowest BCUT2D eigenvalue weighted by molar-refractivity contribution is 0.520. The van der Waals surface area contributed by atoms with E-state index < -0.39 is 0 Å². The monoisotopic (exact) mass is 299 g/mol. The molecular weight excluding hydrogens is 278 g/mol. The number of alkyl halides is 1. The molecule has 1 fully saturated rings. The molecule has 4 heteroatoms.